The van der Waals surface area contributed by atoms with Gasteiger partial charge in [0.1, 0.15) is 0 Å². The number of carbonyl (C=O) groups is 1. The van der Waals surface area contributed by atoms with E-state index in [1.54, 1.807) is 0 Å². The molecule has 0 unspecified atom stereocenters. The van der Waals surface area contributed by atoms with E-state index in [1.165, 1.54) is 18.4 Å². The van der Waals surface area contributed by atoms with Crippen LogP contribution in [0, 0.1) is 13.8 Å². The standard InChI is InChI=1S/C22H29N3O/c1-17-14-21(18(2)25(17)15-19-6-4-3-5-7-19)22(26)16-23-10-12-24(13-11-23)20-8-9-20/h3-7,14,20H,8-13,15-16H2,1-2H3. The van der Waals surface area contributed by atoms with Gasteiger partial charge in [0.05, 0.1) is 6.54 Å². The Morgan fingerprint density at radius 1 is 1.04 bits per heavy atom. The van der Waals surface area contributed by atoms with Crippen LogP contribution < -0.4 is 0 Å². The second-order valence-electron chi connectivity index (χ2n) is 7.82. The van der Waals surface area contributed by atoms with Crippen LogP contribution in [0.25, 0.3) is 0 Å². The summed E-state index contributed by atoms with van der Waals surface area (Å²) in [6.45, 7) is 9.82. The summed E-state index contributed by atoms with van der Waals surface area (Å²) in [5.74, 6) is 0.261. The van der Waals surface area contributed by atoms with Gasteiger partial charge in [0.25, 0.3) is 0 Å². The predicted molar refractivity (Wildman–Crippen MR) is 105 cm³/mol. The first kappa shape index (κ1) is 17.5. The Morgan fingerprint density at radius 2 is 1.73 bits per heavy atom. The lowest BCUT2D eigenvalue weighted by atomic mass is 10.1. The Morgan fingerprint density at radius 3 is 2.38 bits per heavy atom. The summed E-state index contributed by atoms with van der Waals surface area (Å²) >= 11 is 0. The molecule has 4 nitrogen and oxygen atoms in total. The summed E-state index contributed by atoms with van der Waals surface area (Å²) in [5.41, 5.74) is 4.41. The van der Waals surface area contributed by atoms with E-state index in [4.69, 9.17) is 0 Å². The summed E-state index contributed by atoms with van der Waals surface area (Å²) in [4.78, 5) is 17.8. The molecule has 1 saturated carbocycles. The number of hydrogen-bond donors (Lipinski definition) is 0. The minimum atomic E-state index is 0.261. The Balaban J connectivity index is 1.41. The number of carbonyl (C=O) groups excluding carboxylic acids is 1. The van der Waals surface area contributed by atoms with Crippen LogP contribution >= 0.6 is 0 Å². The van der Waals surface area contributed by atoms with Gasteiger partial charge in [0, 0.05) is 55.7 Å². The smallest absolute Gasteiger partial charge is 0.178 e. The zero-order valence-corrected chi connectivity index (χ0v) is 15.9. The number of Topliss-reactive ketones (excluding diaryl/α,β-unsaturated/α-hetero) is 1. The first-order chi connectivity index (χ1) is 12.6. The zero-order chi connectivity index (χ0) is 18.1. The number of ketones is 1. The maximum atomic E-state index is 12.9. The third-order valence-corrected chi connectivity index (χ3v) is 5.89. The summed E-state index contributed by atoms with van der Waals surface area (Å²) in [6, 6.07) is 13.4. The number of aryl methyl sites for hydroxylation is 1. The zero-order valence-electron chi connectivity index (χ0n) is 15.9. The highest BCUT2D eigenvalue weighted by atomic mass is 16.1. The maximum Gasteiger partial charge on any atom is 0.178 e. The molecule has 2 heterocycles. The Bertz CT molecular complexity index is 768. The van der Waals surface area contributed by atoms with Crippen molar-refractivity contribution in [1.82, 2.24) is 14.4 Å². The topological polar surface area (TPSA) is 28.5 Å². The highest BCUT2D eigenvalue weighted by molar-refractivity contribution is 5.99. The number of nitrogens with zero attached hydrogens (tertiary/aromatic N) is 3. The molecule has 1 aliphatic carbocycles. The van der Waals surface area contributed by atoms with E-state index in [2.05, 4.69) is 58.5 Å². The number of benzene rings is 1. The minimum Gasteiger partial charge on any atom is -0.344 e. The van der Waals surface area contributed by atoms with Crippen LogP contribution in [-0.4, -0.2) is 58.9 Å². The van der Waals surface area contributed by atoms with Gasteiger partial charge < -0.3 is 4.57 Å². The van der Waals surface area contributed by atoms with E-state index < -0.39 is 0 Å². The second-order valence-corrected chi connectivity index (χ2v) is 7.82. The average molecular weight is 351 g/mol. The van der Waals surface area contributed by atoms with E-state index in [9.17, 15) is 4.79 Å². The fraction of sp³-hybridized carbons (Fsp3) is 0.500. The summed E-state index contributed by atoms with van der Waals surface area (Å²) in [5, 5.41) is 0. The van der Waals surface area contributed by atoms with Crippen molar-refractivity contribution in [2.24, 2.45) is 0 Å². The molecule has 4 heteroatoms. The lowest BCUT2D eigenvalue weighted by Crippen LogP contribution is -2.48. The Hall–Kier alpha value is -1.91. The molecule has 0 radical (unpaired) electrons. The maximum absolute atomic E-state index is 12.9. The monoisotopic (exact) mass is 351 g/mol. The van der Waals surface area contributed by atoms with Gasteiger partial charge in [-0.2, -0.15) is 0 Å². The van der Waals surface area contributed by atoms with E-state index in [0.717, 1.165) is 55.7 Å². The molecule has 0 N–H and O–H groups in total. The molecule has 4 rings (SSSR count). The normalized spacial score (nSPS) is 19.0. The highest BCUT2D eigenvalue weighted by Gasteiger charge is 2.31. The Kier molecular flexibility index (Phi) is 4.96. The number of hydrogen-bond acceptors (Lipinski definition) is 3. The molecule has 0 bridgehead atoms. The number of piperazine rings is 1. The van der Waals surface area contributed by atoms with Crippen molar-refractivity contribution in [2.45, 2.75) is 39.3 Å². The van der Waals surface area contributed by atoms with Crippen molar-refractivity contribution < 1.29 is 4.79 Å². The fourth-order valence-electron chi connectivity index (χ4n) is 4.11. The molecule has 0 atom stereocenters. The Labute approximate surface area is 156 Å². The van der Waals surface area contributed by atoms with E-state index in [-0.39, 0.29) is 5.78 Å². The van der Waals surface area contributed by atoms with E-state index >= 15 is 0 Å². The van der Waals surface area contributed by atoms with Crippen LogP contribution in [0.15, 0.2) is 36.4 Å². The number of aromatic nitrogens is 1. The van der Waals surface area contributed by atoms with Gasteiger partial charge in [-0.3, -0.25) is 14.6 Å². The third kappa shape index (κ3) is 3.76. The lowest BCUT2D eigenvalue weighted by Gasteiger charge is -2.34. The summed E-state index contributed by atoms with van der Waals surface area (Å²) in [6.07, 6.45) is 2.73. The molecular formula is C22H29N3O. The summed E-state index contributed by atoms with van der Waals surface area (Å²) in [7, 11) is 0. The van der Waals surface area contributed by atoms with Gasteiger partial charge in [-0.15, -0.1) is 0 Å². The molecule has 1 saturated heterocycles. The number of rotatable bonds is 6. The first-order valence-corrected chi connectivity index (χ1v) is 9.82. The SMILES string of the molecule is Cc1cc(C(=O)CN2CCN(C3CC3)CC2)c(C)n1Cc1ccccc1. The van der Waals surface area contributed by atoms with Crippen molar-refractivity contribution in [1.29, 1.82) is 0 Å². The molecule has 0 spiro atoms. The van der Waals surface area contributed by atoms with Gasteiger partial charge in [0.15, 0.2) is 5.78 Å². The van der Waals surface area contributed by atoms with E-state index in [0.29, 0.717) is 6.54 Å². The van der Waals surface area contributed by atoms with Crippen LogP contribution in [0.2, 0.25) is 0 Å². The minimum absolute atomic E-state index is 0.261. The van der Waals surface area contributed by atoms with Crippen molar-refractivity contribution in [3.05, 3.63) is 58.9 Å². The van der Waals surface area contributed by atoms with Crippen LogP contribution in [0.5, 0.6) is 0 Å². The van der Waals surface area contributed by atoms with Gasteiger partial charge in [-0.05, 0) is 38.3 Å². The molecule has 1 aromatic heterocycles. The first-order valence-electron chi connectivity index (χ1n) is 9.82. The summed E-state index contributed by atoms with van der Waals surface area (Å²) < 4.78 is 2.26. The molecule has 2 aromatic rings. The van der Waals surface area contributed by atoms with Crippen LogP contribution in [0.1, 0.15) is 40.2 Å². The van der Waals surface area contributed by atoms with Crippen molar-refractivity contribution >= 4 is 5.78 Å². The fourth-order valence-corrected chi connectivity index (χ4v) is 4.11. The molecule has 2 aliphatic rings. The molecule has 1 aromatic carbocycles. The van der Waals surface area contributed by atoms with Gasteiger partial charge in [-0.1, -0.05) is 30.3 Å². The quantitative estimate of drug-likeness (QED) is 0.749. The van der Waals surface area contributed by atoms with Crippen molar-refractivity contribution in [2.75, 3.05) is 32.7 Å². The van der Waals surface area contributed by atoms with Crippen LogP contribution in [0.4, 0.5) is 0 Å². The van der Waals surface area contributed by atoms with Crippen molar-refractivity contribution in [3.8, 4) is 0 Å². The molecular weight excluding hydrogens is 322 g/mol. The molecule has 26 heavy (non-hydrogen) atoms. The van der Waals surface area contributed by atoms with Gasteiger partial charge >= 0.3 is 0 Å². The largest absolute Gasteiger partial charge is 0.344 e. The van der Waals surface area contributed by atoms with Crippen molar-refractivity contribution in [3.63, 3.8) is 0 Å². The van der Waals surface area contributed by atoms with Gasteiger partial charge in [-0.25, -0.2) is 0 Å². The molecule has 138 valence electrons. The van der Waals surface area contributed by atoms with Crippen LogP contribution in [-0.2, 0) is 6.54 Å². The molecule has 2 fully saturated rings. The lowest BCUT2D eigenvalue weighted by molar-refractivity contribution is 0.0843. The molecule has 1 aliphatic heterocycles. The molecule has 0 amide bonds. The average Bonchev–Trinajstić information content (AvgIpc) is 3.46. The third-order valence-electron chi connectivity index (χ3n) is 5.89. The van der Waals surface area contributed by atoms with E-state index in [1.807, 2.05) is 6.07 Å². The van der Waals surface area contributed by atoms with Gasteiger partial charge in [0.2, 0.25) is 0 Å². The predicted octanol–water partition coefficient (Wildman–Crippen LogP) is 3.12. The second kappa shape index (κ2) is 7.37. The highest BCUT2D eigenvalue weighted by Crippen LogP contribution is 2.27. The van der Waals surface area contributed by atoms with Crippen LogP contribution in [0.3, 0.4) is 0 Å².